The third-order valence-electron chi connectivity index (χ3n) is 20.5. The molecule has 3 aliphatic heterocycles. The fourth-order valence-electron chi connectivity index (χ4n) is 13.7. The van der Waals surface area contributed by atoms with Crippen molar-refractivity contribution < 1.29 is 89.4 Å². The van der Waals surface area contributed by atoms with Crippen molar-refractivity contribution in [2.75, 3.05) is 26.4 Å². The number of ether oxygens (including phenoxy) is 6. The summed E-state index contributed by atoms with van der Waals surface area (Å²) in [5.74, 6) is -0.288. The van der Waals surface area contributed by atoms with Crippen LogP contribution in [0.1, 0.15) is 303 Å². The molecule has 3 rings (SSSR count). The number of carbonyl (C=O) groups excluding carboxylic acids is 1. The third kappa shape index (κ3) is 46.4. The van der Waals surface area contributed by atoms with Gasteiger partial charge < -0.3 is 89.9 Å². The Balaban J connectivity index is 1.37. The summed E-state index contributed by atoms with van der Waals surface area (Å²) in [6.07, 6.45) is 68.9. The highest BCUT2D eigenvalue weighted by molar-refractivity contribution is 5.76. The maximum Gasteiger partial charge on any atom is 0.220 e. The number of rotatable bonds is 67. The quantitative estimate of drug-likeness (QED) is 0.0199. The highest BCUT2D eigenvalue weighted by Crippen LogP contribution is 2.33. The number of unbranched alkanes of at least 4 members (excludes halogenated alkanes) is 33. The molecule has 1 amide bonds. The van der Waals surface area contributed by atoms with Gasteiger partial charge in [0.25, 0.3) is 0 Å². The number of allylic oxidation sites excluding steroid dienone is 19. The Morgan fingerprint density at radius 2 is 0.639 bits per heavy atom. The molecule has 19 heteroatoms. The molecular formula is C89H153NO18. The molecule has 3 fully saturated rings. The third-order valence-corrected chi connectivity index (χ3v) is 20.5. The first-order chi connectivity index (χ1) is 52.8. The Morgan fingerprint density at radius 3 is 1.00 bits per heavy atom. The molecule has 622 valence electrons. The van der Waals surface area contributed by atoms with Crippen LogP contribution in [-0.2, 0) is 33.2 Å². The molecule has 0 bridgehead atoms. The number of aliphatic hydroxyl groups excluding tert-OH is 11. The lowest BCUT2D eigenvalue weighted by Crippen LogP contribution is -2.66. The first kappa shape index (κ1) is 98.4. The predicted octanol–water partition coefficient (Wildman–Crippen LogP) is 15.5. The number of carbonyl (C=O) groups is 1. The maximum atomic E-state index is 13.5. The second kappa shape index (κ2) is 67.7. The molecule has 0 aromatic rings. The molecule has 19 nitrogen and oxygen atoms in total. The lowest BCUT2D eigenvalue weighted by molar-refractivity contribution is -0.379. The molecule has 0 aromatic carbocycles. The van der Waals surface area contributed by atoms with Crippen molar-refractivity contribution in [3.8, 4) is 0 Å². The van der Waals surface area contributed by atoms with E-state index in [2.05, 4.69) is 129 Å². The summed E-state index contributed by atoms with van der Waals surface area (Å²) in [6.45, 7) is 1.64. The van der Waals surface area contributed by atoms with Gasteiger partial charge in [0.05, 0.1) is 38.6 Å². The second-order valence-electron chi connectivity index (χ2n) is 29.9. The summed E-state index contributed by atoms with van der Waals surface area (Å²) in [4.78, 5) is 13.5. The topological polar surface area (TPSA) is 307 Å². The molecule has 0 aromatic heterocycles. The average Bonchev–Trinajstić information content (AvgIpc) is 0.774. The summed E-state index contributed by atoms with van der Waals surface area (Å²) < 4.78 is 34.5. The first-order valence-electron chi connectivity index (χ1n) is 42.8. The summed E-state index contributed by atoms with van der Waals surface area (Å²) in [7, 11) is 0. The lowest BCUT2D eigenvalue weighted by Gasteiger charge is -2.48. The monoisotopic (exact) mass is 1520 g/mol. The SMILES string of the molecule is CC/C=C\C/C=C\C/C=C\C/C=C\C/C=C\C/C=C\C/C=C\C/C=C\C/C=C\CCCCCCCCCC(=O)NC(COC1OC(CO)C(OC2OC(CO)C(OC3OC(CO)C(O)C(O)C3O)C(O)C2O)C(O)C1O)C(O)/C=C/CCCCCCCCCCCCCCCCCCCCCCCCCCCC. The van der Waals surface area contributed by atoms with Gasteiger partial charge in [-0.1, -0.05) is 328 Å². The molecule has 12 N–H and O–H groups in total. The van der Waals surface area contributed by atoms with Crippen LogP contribution < -0.4 is 5.32 Å². The Hall–Kier alpha value is -3.81. The second-order valence-corrected chi connectivity index (χ2v) is 29.9. The summed E-state index contributed by atoms with van der Waals surface area (Å²) in [5.41, 5.74) is 0. The van der Waals surface area contributed by atoms with E-state index in [0.717, 1.165) is 128 Å². The molecule has 17 atom stereocenters. The van der Waals surface area contributed by atoms with Crippen molar-refractivity contribution in [2.24, 2.45) is 0 Å². The van der Waals surface area contributed by atoms with Gasteiger partial charge in [0.15, 0.2) is 18.9 Å². The Kier molecular flexibility index (Phi) is 61.6. The van der Waals surface area contributed by atoms with Crippen LogP contribution in [0, 0.1) is 0 Å². The van der Waals surface area contributed by atoms with Crippen molar-refractivity contribution in [1.29, 1.82) is 0 Å². The molecule has 0 saturated carbocycles. The highest BCUT2D eigenvalue weighted by Gasteiger charge is 2.54. The van der Waals surface area contributed by atoms with E-state index in [4.69, 9.17) is 28.4 Å². The molecule has 3 aliphatic rings. The van der Waals surface area contributed by atoms with Gasteiger partial charge in [-0.05, 0) is 89.9 Å². The van der Waals surface area contributed by atoms with E-state index < -0.39 is 124 Å². The van der Waals surface area contributed by atoms with Crippen molar-refractivity contribution in [2.45, 2.75) is 407 Å². The zero-order valence-corrected chi connectivity index (χ0v) is 66.8. The fraction of sp³-hybridized carbons (Fsp3) is 0.764. The lowest BCUT2D eigenvalue weighted by atomic mass is 9.96. The van der Waals surface area contributed by atoms with E-state index >= 15 is 0 Å². The largest absolute Gasteiger partial charge is 0.394 e. The van der Waals surface area contributed by atoms with Crippen LogP contribution in [0.4, 0.5) is 0 Å². The molecular weight excluding hydrogens is 1370 g/mol. The van der Waals surface area contributed by atoms with Crippen LogP contribution in [0.25, 0.3) is 0 Å². The molecule has 108 heavy (non-hydrogen) atoms. The molecule has 3 heterocycles. The summed E-state index contributed by atoms with van der Waals surface area (Å²) in [5, 5.41) is 121. The van der Waals surface area contributed by atoms with Gasteiger partial charge in [0.1, 0.15) is 73.2 Å². The highest BCUT2D eigenvalue weighted by atomic mass is 16.8. The van der Waals surface area contributed by atoms with Crippen molar-refractivity contribution in [1.82, 2.24) is 5.32 Å². The van der Waals surface area contributed by atoms with E-state index in [0.29, 0.717) is 6.42 Å². The number of amides is 1. The zero-order valence-electron chi connectivity index (χ0n) is 66.8. The summed E-state index contributed by atoms with van der Waals surface area (Å²) >= 11 is 0. The van der Waals surface area contributed by atoms with Crippen LogP contribution in [0.2, 0.25) is 0 Å². The van der Waals surface area contributed by atoms with Gasteiger partial charge >= 0.3 is 0 Å². The van der Waals surface area contributed by atoms with Gasteiger partial charge in [0.2, 0.25) is 5.91 Å². The Morgan fingerprint density at radius 1 is 0.343 bits per heavy atom. The molecule has 0 radical (unpaired) electrons. The number of aliphatic hydroxyl groups is 11. The first-order valence-corrected chi connectivity index (χ1v) is 42.8. The smallest absolute Gasteiger partial charge is 0.220 e. The summed E-state index contributed by atoms with van der Waals surface area (Å²) in [6, 6.07) is -0.990. The minimum Gasteiger partial charge on any atom is -0.394 e. The van der Waals surface area contributed by atoms with Gasteiger partial charge in [-0.15, -0.1) is 0 Å². The van der Waals surface area contributed by atoms with Crippen LogP contribution in [0.15, 0.2) is 122 Å². The minimum atomic E-state index is -1.99. The van der Waals surface area contributed by atoms with Crippen molar-refractivity contribution in [3.63, 3.8) is 0 Å². The van der Waals surface area contributed by atoms with Crippen LogP contribution in [-0.4, -0.2) is 193 Å². The van der Waals surface area contributed by atoms with Crippen LogP contribution >= 0.6 is 0 Å². The van der Waals surface area contributed by atoms with E-state index in [1.165, 1.54) is 148 Å². The zero-order chi connectivity index (χ0) is 78.1. The van der Waals surface area contributed by atoms with Crippen LogP contribution in [0.3, 0.4) is 0 Å². The molecule has 17 unspecified atom stereocenters. The van der Waals surface area contributed by atoms with Gasteiger partial charge in [0, 0.05) is 6.42 Å². The van der Waals surface area contributed by atoms with Gasteiger partial charge in [-0.3, -0.25) is 4.79 Å². The maximum absolute atomic E-state index is 13.5. The minimum absolute atomic E-state index is 0.223. The van der Waals surface area contributed by atoms with E-state index in [-0.39, 0.29) is 18.9 Å². The number of hydrogen-bond donors (Lipinski definition) is 12. The fourth-order valence-corrected chi connectivity index (χ4v) is 13.7. The normalized spacial score (nSPS) is 26.0. The van der Waals surface area contributed by atoms with Crippen molar-refractivity contribution in [3.05, 3.63) is 122 Å². The van der Waals surface area contributed by atoms with Gasteiger partial charge in [-0.2, -0.15) is 0 Å². The molecule has 0 aliphatic carbocycles. The predicted molar refractivity (Wildman–Crippen MR) is 433 cm³/mol. The standard InChI is InChI=1S/C89H153NO18/c1-3-5-7-9-11-13-15-17-19-21-23-25-27-29-31-33-34-35-36-37-38-39-41-43-45-47-49-51-53-55-57-59-61-63-65-67-77(95)90-72(73(94)66-64-62-60-58-56-54-52-50-48-46-44-42-40-32-30-28-26-24-22-20-18-16-14-12-10-8-6-4-2)71-103-87-83(101)80(98)85(75(69-92)105-87)108-89-84(102)81(99)86(76(70-93)106-89)107-88-82(100)79(97)78(96)74(68-91)104-88/h5,7,11,13,17,19,23,25,29,31,34-35,37-38,41,43,47,49,64,66,72-76,78-89,91-94,96-102H,3-4,6,8-10,12,14-16,18,20-22,24,26-28,30,32-33,36,39-40,42,44-46,48,50-63,65,67-71H2,1-2H3,(H,90,95)/b7-5-,13-11-,19-17-,25-23-,31-29-,35-34-,38-37-,43-41-,49-47-,66-64+. The molecule has 3 saturated heterocycles. The Bertz CT molecular complexity index is 2420. The average molecular weight is 1530 g/mol. The van der Waals surface area contributed by atoms with Crippen molar-refractivity contribution >= 4 is 5.91 Å². The Labute approximate surface area is 652 Å². The van der Waals surface area contributed by atoms with E-state index in [1.54, 1.807) is 6.08 Å². The molecule has 0 spiro atoms. The van der Waals surface area contributed by atoms with E-state index in [1.807, 2.05) is 6.08 Å². The van der Waals surface area contributed by atoms with Crippen LogP contribution in [0.5, 0.6) is 0 Å². The number of hydrogen-bond acceptors (Lipinski definition) is 18. The number of nitrogens with one attached hydrogen (secondary N) is 1. The van der Waals surface area contributed by atoms with E-state index in [9.17, 15) is 61.0 Å². The van der Waals surface area contributed by atoms with Gasteiger partial charge in [-0.25, -0.2) is 0 Å².